The van der Waals surface area contributed by atoms with Crippen LogP contribution in [0.5, 0.6) is 0 Å². The van der Waals surface area contributed by atoms with E-state index in [1.807, 2.05) is 11.9 Å². The third kappa shape index (κ3) is 7.28. The fourth-order valence-electron chi connectivity index (χ4n) is 4.72. The summed E-state index contributed by atoms with van der Waals surface area (Å²) < 4.78 is 83.2. The predicted octanol–water partition coefficient (Wildman–Crippen LogP) is 5.80. The second-order valence-electron chi connectivity index (χ2n) is 10.5. The van der Waals surface area contributed by atoms with Crippen molar-refractivity contribution in [1.29, 1.82) is 0 Å². The first-order valence-corrected chi connectivity index (χ1v) is 13.7. The van der Waals surface area contributed by atoms with Crippen LogP contribution in [0, 0.1) is 6.92 Å². The van der Waals surface area contributed by atoms with E-state index in [1.54, 1.807) is 20.0 Å². The Bertz CT molecular complexity index is 1690. The molecule has 16 heteroatoms. The molecule has 1 aliphatic heterocycles. The fourth-order valence-corrected chi connectivity index (χ4v) is 4.72. The van der Waals surface area contributed by atoms with Crippen molar-refractivity contribution in [3.05, 3.63) is 77.2 Å². The number of aromatic nitrogens is 4. The van der Waals surface area contributed by atoms with Gasteiger partial charge in [0, 0.05) is 68.0 Å². The van der Waals surface area contributed by atoms with E-state index < -0.39 is 29.5 Å². The number of halogens is 6. The maximum absolute atomic E-state index is 13.8. The third-order valence-corrected chi connectivity index (χ3v) is 7.26. The molecule has 5 rings (SSSR count). The highest BCUT2D eigenvalue weighted by atomic mass is 19.4. The molecule has 0 unspecified atom stereocenters. The van der Waals surface area contributed by atoms with Crippen molar-refractivity contribution in [1.82, 2.24) is 24.6 Å². The van der Waals surface area contributed by atoms with Crippen LogP contribution in [0.1, 0.15) is 27.2 Å². The van der Waals surface area contributed by atoms with Crippen molar-refractivity contribution < 1.29 is 31.1 Å². The largest absolute Gasteiger partial charge is 0.435 e. The van der Waals surface area contributed by atoms with Gasteiger partial charge in [-0.3, -0.25) is 4.79 Å². The number of carbonyl (C=O) groups is 1. The molecule has 1 amide bonds. The molecular weight excluding hydrogens is 604 g/mol. The molecule has 238 valence electrons. The molecule has 4 aromatic rings. The summed E-state index contributed by atoms with van der Waals surface area (Å²) in [7, 11) is 3.51. The van der Waals surface area contributed by atoms with Crippen molar-refractivity contribution in [2.45, 2.75) is 19.3 Å². The van der Waals surface area contributed by atoms with Crippen LogP contribution in [0.4, 0.5) is 55.0 Å². The average Bonchev–Trinajstić information content (AvgIpc) is 3.42. The van der Waals surface area contributed by atoms with E-state index in [2.05, 4.69) is 35.9 Å². The van der Waals surface area contributed by atoms with Gasteiger partial charge in [-0.05, 0) is 49.9 Å². The van der Waals surface area contributed by atoms with E-state index in [0.717, 1.165) is 22.9 Å². The van der Waals surface area contributed by atoms with Gasteiger partial charge in [0.1, 0.15) is 18.0 Å². The number of hydrogen-bond acceptors (Lipinski definition) is 8. The number of aryl methyl sites for hydroxylation is 1. The molecule has 1 fully saturated rings. The minimum Gasteiger partial charge on any atom is -0.373 e. The predicted molar refractivity (Wildman–Crippen MR) is 157 cm³/mol. The number of amides is 1. The van der Waals surface area contributed by atoms with Crippen LogP contribution in [-0.4, -0.2) is 70.8 Å². The Morgan fingerprint density at radius 3 is 2.29 bits per heavy atom. The van der Waals surface area contributed by atoms with Crippen LogP contribution in [0.15, 0.2) is 54.9 Å². The summed E-state index contributed by atoms with van der Waals surface area (Å²) in [5.74, 6) is -0.422. The topological polar surface area (TPSA) is 103 Å². The minimum atomic E-state index is -4.76. The first-order chi connectivity index (χ1) is 21.2. The van der Waals surface area contributed by atoms with Gasteiger partial charge in [0.25, 0.3) is 5.91 Å². The summed E-state index contributed by atoms with van der Waals surface area (Å²) in [5.41, 5.74) is -0.897. The van der Waals surface area contributed by atoms with Gasteiger partial charge in [-0.2, -0.15) is 36.1 Å². The Morgan fingerprint density at radius 2 is 1.62 bits per heavy atom. The number of likely N-dealkylation sites (N-methyl/N-ethyl adjacent to an activating group) is 1. The Balaban J connectivity index is 1.44. The summed E-state index contributed by atoms with van der Waals surface area (Å²) in [5, 5.41) is 11.9. The lowest BCUT2D eigenvalue weighted by atomic mass is 10.1. The van der Waals surface area contributed by atoms with Crippen LogP contribution in [0.2, 0.25) is 0 Å². The average molecular weight is 634 g/mol. The molecule has 2 aromatic carbocycles. The summed E-state index contributed by atoms with van der Waals surface area (Å²) in [4.78, 5) is 25.2. The summed E-state index contributed by atoms with van der Waals surface area (Å²) in [6.45, 7) is 4.07. The molecule has 45 heavy (non-hydrogen) atoms. The lowest BCUT2D eigenvalue weighted by molar-refractivity contribution is -0.141. The highest BCUT2D eigenvalue weighted by Gasteiger charge is 2.36. The molecule has 0 radical (unpaired) electrons. The molecule has 0 spiro atoms. The Morgan fingerprint density at radius 1 is 0.889 bits per heavy atom. The number of nitrogens with one attached hydrogen (secondary N) is 3. The number of hydrogen-bond donors (Lipinski definition) is 3. The van der Waals surface area contributed by atoms with Gasteiger partial charge in [-0.25, -0.2) is 9.97 Å². The van der Waals surface area contributed by atoms with Crippen molar-refractivity contribution in [3.8, 4) is 5.82 Å². The summed E-state index contributed by atoms with van der Waals surface area (Å²) >= 11 is 0. The van der Waals surface area contributed by atoms with E-state index in [1.165, 1.54) is 30.6 Å². The standard InChI is InChI=1S/C29H29F6N9O/c1-17-4-5-18(27(45)39-20-11-19(28(30,31)32)12-21(13-20)43-8-6-42(3)7-9-43)10-22(17)40-26-14-23(29(33,34)35)41-44(26)25-15-24(36-2)37-16-38-25/h4-5,10-16,40H,6-9H2,1-3H3,(H,39,45)(H,36,37,38). The molecule has 0 atom stereocenters. The van der Waals surface area contributed by atoms with E-state index in [-0.39, 0.29) is 28.6 Å². The molecule has 1 aliphatic rings. The molecule has 2 aromatic heterocycles. The Labute approximate surface area is 254 Å². The lowest BCUT2D eigenvalue weighted by Gasteiger charge is -2.34. The van der Waals surface area contributed by atoms with E-state index in [0.29, 0.717) is 43.2 Å². The number of rotatable bonds is 7. The zero-order valence-electron chi connectivity index (χ0n) is 24.4. The van der Waals surface area contributed by atoms with Gasteiger partial charge >= 0.3 is 12.4 Å². The Hall–Kier alpha value is -4.86. The molecule has 10 nitrogen and oxygen atoms in total. The van der Waals surface area contributed by atoms with Crippen LogP contribution < -0.4 is 20.9 Å². The zero-order valence-corrected chi connectivity index (χ0v) is 24.4. The monoisotopic (exact) mass is 633 g/mol. The molecular formula is C29H29F6N9O. The van der Waals surface area contributed by atoms with Gasteiger partial charge in [-0.1, -0.05) is 6.07 Å². The van der Waals surface area contributed by atoms with Crippen LogP contribution in [0.3, 0.4) is 0 Å². The second-order valence-corrected chi connectivity index (χ2v) is 10.5. The van der Waals surface area contributed by atoms with Crippen LogP contribution in [-0.2, 0) is 12.4 Å². The number of carbonyl (C=O) groups excluding carboxylic acids is 1. The molecule has 1 saturated heterocycles. The minimum absolute atomic E-state index is 0.0413. The first-order valence-electron chi connectivity index (χ1n) is 13.7. The summed E-state index contributed by atoms with van der Waals surface area (Å²) in [6.07, 6.45) is -8.23. The third-order valence-electron chi connectivity index (χ3n) is 7.26. The second kappa shape index (κ2) is 12.3. The number of benzene rings is 2. The molecule has 3 N–H and O–H groups in total. The quantitative estimate of drug-likeness (QED) is 0.220. The normalized spacial score (nSPS) is 14.4. The maximum atomic E-state index is 13.8. The highest BCUT2D eigenvalue weighted by molar-refractivity contribution is 6.05. The Kier molecular flexibility index (Phi) is 8.60. The van der Waals surface area contributed by atoms with Gasteiger partial charge in [-0.15, -0.1) is 0 Å². The number of alkyl halides is 6. The maximum Gasteiger partial charge on any atom is 0.435 e. The van der Waals surface area contributed by atoms with Crippen molar-refractivity contribution in [3.63, 3.8) is 0 Å². The van der Waals surface area contributed by atoms with Gasteiger partial charge < -0.3 is 25.8 Å². The van der Waals surface area contributed by atoms with Crippen LogP contribution >= 0.6 is 0 Å². The van der Waals surface area contributed by atoms with E-state index in [4.69, 9.17) is 0 Å². The van der Waals surface area contributed by atoms with Crippen molar-refractivity contribution in [2.75, 3.05) is 61.1 Å². The zero-order chi connectivity index (χ0) is 32.5. The smallest absolute Gasteiger partial charge is 0.373 e. The molecule has 0 saturated carbocycles. The van der Waals surface area contributed by atoms with Gasteiger partial charge in [0.05, 0.1) is 5.56 Å². The first kappa shape index (κ1) is 31.6. The number of nitrogens with zero attached hydrogens (tertiary/aromatic N) is 6. The number of piperazine rings is 1. The summed E-state index contributed by atoms with van der Waals surface area (Å²) in [6, 6.07) is 10.0. The molecule has 0 bridgehead atoms. The van der Waals surface area contributed by atoms with E-state index in [9.17, 15) is 31.1 Å². The van der Waals surface area contributed by atoms with Crippen LogP contribution in [0.25, 0.3) is 5.82 Å². The van der Waals surface area contributed by atoms with E-state index >= 15 is 0 Å². The SMILES string of the molecule is CNc1cc(-n2nc(C(F)(F)F)cc2Nc2cc(C(=O)Nc3cc(N4CCN(C)CC4)cc(C(F)(F)F)c3)ccc2C)ncn1. The molecule has 3 heterocycles. The van der Waals surface area contributed by atoms with Crippen molar-refractivity contribution >= 4 is 34.6 Å². The molecule has 0 aliphatic carbocycles. The highest BCUT2D eigenvalue weighted by Crippen LogP contribution is 2.36. The van der Waals surface area contributed by atoms with Crippen molar-refractivity contribution in [2.24, 2.45) is 0 Å². The van der Waals surface area contributed by atoms with Gasteiger partial charge in [0.15, 0.2) is 11.5 Å². The van der Waals surface area contributed by atoms with Gasteiger partial charge in [0.2, 0.25) is 0 Å². The number of anilines is 5. The fraction of sp³-hybridized carbons (Fsp3) is 0.310. The lowest BCUT2D eigenvalue weighted by Crippen LogP contribution is -2.44.